The Labute approximate surface area is 176 Å². The van der Waals surface area contributed by atoms with Gasteiger partial charge >= 0.3 is 0 Å². The number of benzene rings is 2. The molecule has 6 nitrogen and oxygen atoms in total. The summed E-state index contributed by atoms with van der Waals surface area (Å²) in [6, 6.07) is 12.6. The largest absolute Gasteiger partial charge is 0.495 e. The second kappa shape index (κ2) is 9.65. The lowest BCUT2D eigenvalue weighted by Crippen LogP contribution is -2.42. The number of carbonyl (C=O) groups excluding carboxylic acids is 2. The zero-order valence-electron chi connectivity index (χ0n) is 16.7. The molecule has 3 rings (SSSR count). The van der Waals surface area contributed by atoms with Gasteiger partial charge in [-0.15, -0.1) is 0 Å². The Morgan fingerprint density at radius 1 is 1.21 bits per heavy atom. The van der Waals surface area contributed by atoms with E-state index in [9.17, 15) is 9.59 Å². The molecule has 0 radical (unpaired) electrons. The maximum absolute atomic E-state index is 12.8. The number of anilines is 2. The van der Waals surface area contributed by atoms with Crippen LogP contribution in [0.25, 0.3) is 0 Å². The van der Waals surface area contributed by atoms with Crippen LogP contribution in [-0.4, -0.2) is 43.0 Å². The van der Waals surface area contributed by atoms with E-state index in [2.05, 4.69) is 17.6 Å². The monoisotopic (exact) mass is 415 g/mol. The molecule has 2 aromatic carbocycles. The lowest BCUT2D eigenvalue weighted by atomic mass is 10.0. The number of nitrogens with zero attached hydrogens (tertiary/aromatic N) is 1. The molecule has 1 heterocycles. The first-order valence-electron chi connectivity index (χ1n) is 9.77. The maximum Gasteiger partial charge on any atom is 0.255 e. The predicted octanol–water partition coefficient (Wildman–Crippen LogP) is 4.41. The Bertz CT molecular complexity index is 887. The van der Waals surface area contributed by atoms with Gasteiger partial charge in [-0.2, -0.15) is 0 Å². The zero-order chi connectivity index (χ0) is 20.8. The number of carbonyl (C=O) groups is 2. The van der Waals surface area contributed by atoms with E-state index < -0.39 is 0 Å². The minimum Gasteiger partial charge on any atom is -0.495 e. The minimum atomic E-state index is -0.215. The van der Waals surface area contributed by atoms with E-state index in [0.29, 0.717) is 27.7 Å². The van der Waals surface area contributed by atoms with Crippen LogP contribution in [0.1, 0.15) is 36.5 Å². The molecular weight excluding hydrogens is 390 g/mol. The number of methoxy groups -OCH3 is 1. The van der Waals surface area contributed by atoms with E-state index in [1.165, 1.54) is 0 Å². The number of hydrogen-bond acceptors (Lipinski definition) is 4. The molecule has 7 heteroatoms. The molecule has 1 unspecified atom stereocenters. The van der Waals surface area contributed by atoms with Gasteiger partial charge in [0, 0.05) is 18.3 Å². The number of nitrogens with one attached hydrogen (secondary N) is 2. The first kappa shape index (κ1) is 21.0. The highest BCUT2D eigenvalue weighted by Gasteiger charge is 2.25. The molecule has 29 heavy (non-hydrogen) atoms. The van der Waals surface area contributed by atoms with Crippen LogP contribution in [0.2, 0.25) is 5.02 Å². The van der Waals surface area contributed by atoms with Crippen molar-refractivity contribution in [1.82, 2.24) is 4.90 Å². The van der Waals surface area contributed by atoms with Gasteiger partial charge in [0.25, 0.3) is 5.91 Å². The smallest absolute Gasteiger partial charge is 0.255 e. The summed E-state index contributed by atoms with van der Waals surface area (Å²) in [6.45, 7) is 2.89. The van der Waals surface area contributed by atoms with Gasteiger partial charge in [-0.25, -0.2) is 0 Å². The summed E-state index contributed by atoms with van der Waals surface area (Å²) in [6.07, 6.45) is 3.19. The van der Waals surface area contributed by atoms with Crippen LogP contribution in [0.15, 0.2) is 42.5 Å². The molecule has 1 fully saturated rings. The fourth-order valence-corrected chi connectivity index (χ4v) is 3.74. The molecule has 1 aliphatic heterocycles. The number of likely N-dealkylation sites (tertiary alicyclic amines) is 1. The summed E-state index contributed by atoms with van der Waals surface area (Å²) in [5.41, 5.74) is 1.77. The molecule has 0 aliphatic carbocycles. The third-order valence-electron chi connectivity index (χ3n) is 5.10. The van der Waals surface area contributed by atoms with Crippen molar-refractivity contribution in [1.29, 1.82) is 0 Å². The average molecular weight is 416 g/mol. The Kier molecular flexibility index (Phi) is 6.99. The van der Waals surface area contributed by atoms with E-state index in [1.54, 1.807) is 37.4 Å². The second-order valence-corrected chi connectivity index (χ2v) is 7.55. The highest BCUT2D eigenvalue weighted by molar-refractivity contribution is 6.34. The normalized spacial score (nSPS) is 16.2. The van der Waals surface area contributed by atoms with Crippen molar-refractivity contribution in [3.05, 3.63) is 53.1 Å². The molecule has 1 aliphatic rings. The minimum absolute atomic E-state index is 0.0392. The SMILES string of the molecule is COc1ccccc1NC(=O)CNc1ccc(C(=O)N2CCCCC2C)c(Cl)c1. The Morgan fingerprint density at radius 2 is 2.00 bits per heavy atom. The Balaban J connectivity index is 1.60. The third kappa shape index (κ3) is 5.21. The van der Waals surface area contributed by atoms with Gasteiger partial charge in [0.2, 0.25) is 5.91 Å². The molecular formula is C22H26ClN3O3. The third-order valence-corrected chi connectivity index (χ3v) is 5.41. The molecule has 1 atom stereocenters. The average Bonchev–Trinajstić information content (AvgIpc) is 2.72. The van der Waals surface area contributed by atoms with E-state index in [4.69, 9.17) is 16.3 Å². The standard InChI is InChI=1S/C22H26ClN3O3/c1-15-7-5-6-12-26(15)22(28)17-11-10-16(13-18(17)23)24-14-21(27)25-19-8-3-4-9-20(19)29-2/h3-4,8-11,13,15,24H,5-7,12,14H2,1-2H3,(H,25,27). The van der Waals surface area contributed by atoms with E-state index >= 15 is 0 Å². The molecule has 154 valence electrons. The Morgan fingerprint density at radius 3 is 2.72 bits per heavy atom. The number of amides is 2. The summed E-state index contributed by atoms with van der Waals surface area (Å²) in [5.74, 6) is 0.342. The highest BCUT2D eigenvalue weighted by atomic mass is 35.5. The van der Waals surface area contributed by atoms with Gasteiger partial charge < -0.3 is 20.3 Å². The van der Waals surface area contributed by atoms with Crippen LogP contribution in [0.5, 0.6) is 5.75 Å². The van der Waals surface area contributed by atoms with Gasteiger partial charge in [0.1, 0.15) is 5.75 Å². The molecule has 2 aromatic rings. The van der Waals surface area contributed by atoms with Gasteiger partial charge in [-0.1, -0.05) is 23.7 Å². The summed E-state index contributed by atoms with van der Waals surface area (Å²) in [5, 5.41) is 6.22. The Hall–Kier alpha value is -2.73. The lowest BCUT2D eigenvalue weighted by Gasteiger charge is -2.33. The molecule has 0 aromatic heterocycles. The van der Waals surface area contributed by atoms with Crippen molar-refractivity contribution in [2.45, 2.75) is 32.2 Å². The number of rotatable bonds is 6. The number of para-hydroxylation sites is 2. The van der Waals surface area contributed by atoms with Crippen LogP contribution in [-0.2, 0) is 4.79 Å². The van der Waals surface area contributed by atoms with Crippen molar-refractivity contribution in [2.75, 3.05) is 30.8 Å². The van der Waals surface area contributed by atoms with Crippen LogP contribution in [0, 0.1) is 0 Å². The van der Waals surface area contributed by atoms with Crippen molar-refractivity contribution >= 4 is 34.8 Å². The fraction of sp³-hybridized carbons (Fsp3) is 0.364. The summed E-state index contributed by atoms with van der Waals surface area (Å²) in [7, 11) is 1.55. The predicted molar refractivity (Wildman–Crippen MR) is 116 cm³/mol. The van der Waals surface area contributed by atoms with Crippen molar-refractivity contribution in [3.8, 4) is 5.75 Å². The number of halogens is 1. The second-order valence-electron chi connectivity index (χ2n) is 7.14. The quantitative estimate of drug-likeness (QED) is 0.732. The molecule has 0 saturated carbocycles. The lowest BCUT2D eigenvalue weighted by molar-refractivity contribution is -0.114. The molecule has 0 bridgehead atoms. The van der Waals surface area contributed by atoms with Gasteiger partial charge in [-0.3, -0.25) is 9.59 Å². The van der Waals surface area contributed by atoms with Crippen LogP contribution >= 0.6 is 11.6 Å². The molecule has 2 amide bonds. The summed E-state index contributed by atoms with van der Waals surface area (Å²) >= 11 is 6.37. The fourth-order valence-electron chi connectivity index (χ4n) is 3.48. The van der Waals surface area contributed by atoms with Crippen molar-refractivity contribution in [2.24, 2.45) is 0 Å². The van der Waals surface area contributed by atoms with Crippen LogP contribution < -0.4 is 15.4 Å². The van der Waals surface area contributed by atoms with Gasteiger partial charge in [0.05, 0.1) is 29.9 Å². The maximum atomic E-state index is 12.8. The number of ether oxygens (including phenoxy) is 1. The number of hydrogen-bond donors (Lipinski definition) is 2. The van der Waals surface area contributed by atoms with Crippen molar-refractivity contribution in [3.63, 3.8) is 0 Å². The summed E-state index contributed by atoms with van der Waals surface area (Å²) < 4.78 is 5.23. The van der Waals surface area contributed by atoms with E-state index in [0.717, 1.165) is 25.8 Å². The van der Waals surface area contributed by atoms with E-state index in [1.807, 2.05) is 17.0 Å². The topological polar surface area (TPSA) is 70.7 Å². The first-order valence-corrected chi connectivity index (χ1v) is 10.1. The summed E-state index contributed by atoms with van der Waals surface area (Å²) in [4.78, 5) is 26.9. The van der Waals surface area contributed by atoms with E-state index in [-0.39, 0.29) is 24.4 Å². The van der Waals surface area contributed by atoms with Gasteiger partial charge in [0.15, 0.2) is 0 Å². The van der Waals surface area contributed by atoms with Gasteiger partial charge in [-0.05, 0) is 56.5 Å². The first-order chi connectivity index (χ1) is 14.0. The zero-order valence-corrected chi connectivity index (χ0v) is 17.5. The molecule has 2 N–H and O–H groups in total. The van der Waals surface area contributed by atoms with Crippen LogP contribution in [0.3, 0.4) is 0 Å². The highest BCUT2D eigenvalue weighted by Crippen LogP contribution is 2.26. The molecule has 0 spiro atoms. The van der Waals surface area contributed by atoms with Crippen LogP contribution in [0.4, 0.5) is 11.4 Å². The van der Waals surface area contributed by atoms with Crippen molar-refractivity contribution < 1.29 is 14.3 Å². The number of piperidine rings is 1. The molecule has 1 saturated heterocycles.